The Labute approximate surface area is 257 Å². The molecular weight excluding hydrogens is 596 g/mol. The summed E-state index contributed by atoms with van der Waals surface area (Å²) in [5, 5.41) is 5.02. The van der Waals surface area contributed by atoms with Gasteiger partial charge in [0.25, 0.3) is 0 Å². The van der Waals surface area contributed by atoms with E-state index in [-0.39, 0.29) is 29.7 Å². The molecule has 0 aliphatic heterocycles. The highest BCUT2D eigenvalue weighted by Crippen LogP contribution is 2.30. The van der Waals surface area contributed by atoms with E-state index in [1.165, 1.54) is 24.8 Å². The molecule has 0 spiro atoms. The van der Waals surface area contributed by atoms with Crippen LogP contribution in [0, 0.1) is 23.3 Å². The summed E-state index contributed by atoms with van der Waals surface area (Å²) in [5.41, 5.74) is 0.896. The van der Waals surface area contributed by atoms with Crippen LogP contribution in [0.2, 0.25) is 0 Å². The number of likely N-dealkylation sites (N-methyl/N-ethyl adjacent to an activating group) is 1. The Balaban J connectivity index is 1.74. The van der Waals surface area contributed by atoms with Crippen LogP contribution in [-0.4, -0.2) is 62.0 Å². The van der Waals surface area contributed by atoms with Gasteiger partial charge in [-0.05, 0) is 74.2 Å². The molecule has 3 amide bonds. The minimum absolute atomic E-state index is 0.143. The monoisotopic (exact) mass is 628 g/mol. The van der Waals surface area contributed by atoms with Crippen molar-refractivity contribution in [3.8, 4) is 0 Å². The van der Waals surface area contributed by atoms with Crippen LogP contribution in [0.25, 0.3) is 0 Å². The summed E-state index contributed by atoms with van der Waals surface area (Å²) in [6.07, 6.45) is 0.920. The first-order valence-corrected chi connectivity index (χ1v) is 13.8. The average molecular weight is 629 g/mol. The van der Waals surface area contributed by atoms with Crippen LogP contribution in [0.5, 0.6) is 0 Å². The maximum Gasteiger partial charge on any atom is 0.243 e. The van der Waals surface area contributed by atoms with Gasteiger partial charge in [0.2, 0.25) is 18.2 Å². The van der Waals surface area contributed by atoms with E-state index in [0.29, 0.717) is 36.8 Å². The number of anilines is 2. The molecule has 0 heterocycles. The first-order valence-electron chi connectivity index (χ1n) is 13.8. The van der Waals surface area contributed by atoms with Crippen molar-refractivity contribution < 1.29 is 41.5 Å². The third kappa shape index (κ3) is 9.21. The normalized spacial score (nSPS) is 13.5. The lowest BCUT2D eigenvalue weighted by Gasteiger charge is -2.33. The van der Waals surface area contributed by atoms with Gasteiger partial charge >= 0.3 is 0 Å². The molecule has 0 bridgehead atoms. The highest BCUT2D eigenvalue weighted by atomic mass is 19.1. The van der Waals surface area contributed by atoms with Gasteiger partial charge in [-0.2, -0.15) is 0 Å². The molecule has 0 saturated heterocycles. The highest BCUT2D eigenvalue weighted by Gasteiger charge is 2.29. The van der Waals surface area contributed by atoms with Gasteiger partial charge < -0.3 is 30.0 Å². The fourth-order valence-corrected chi connectivity index (χ4v) is 4.69. The maximum absolute atomic E-state index is 13.6. The molecule has 2 N–H and O–H groups in total. The van der Waals surface area contributed by atoms with Crippen molar-refractivity contribution in [3.05, 3.63) is 95.1 Å². The number of carbonyl (C=O) groups is 5. The molecule has 0 saturated carbocycles. The third-order valence-corrected chi connectivity index (χ3v) is 7.15. The number of para-hydroxylation sites is 2. The molecule has 3 aromatic carbocycles. The Morgan fingerprint density at radius 3 is 1.49 bits per heavy atom. The summed E-state index contributed by atoms with van der Waals surface area (Å²) < 4.78 is 54.3. The van der Waals surface area contributed by atoms with Gasteiger partial charge in [0.05, 0.1) is 23.5 Å². The Bertz CT molecular complexity index is 1520. The molecule has 0 aliphatic rings. The topological polar surface area (TPSA) is 116 Å². The summed E-state index contributed by atoms with van der Waals surface area (Å²) in [7, 11) is 1.55. The lowest BCUT2D eigenvalue weighted by Crippen LogP contribution is -2.50. The number of hydrogen-bond acceptors (Lipinski definition) is 6. The molecule has 2 unspecified atom stereocenters. The van der Waals surface area contributed by atoms with Crippen molar-refractivity contribution in [3.63, 3.8) is 0 Å². The SMILES string of the molecule is CC(C(=O)N[C@H](C=O)Cc1cc(F)cc(F)c1)N(C)c1ccccc1N(C=O)C(C)C(=O)N[C@H](C=O)Cc1cc(F)cc(F)c1. The molecule has 0 fully saturated rings. The van der Waals surface area contributed by atoms with Gasteiger partial charge in [-0.15, -0.1) is 0 Å². The number of nitrogens with zero attached hydrogens (tertiary/aromatic N) is 2. The standard InChI is InChI=1S/C32H32F4N4O5/c1-19(31(44)37-27(16-41)12-21-8-23(33)14-24(34)9-21)39(3)29-6-4-5-7-30(29)40(18-43)20(2)32(45)38-28(17-42)13-22-10-25(35)15-26(36)11-22/h4-11,14-20,27-28H,12-13H2,1-3H3,(H,37,44)(H,38,45)/t19?,20?,27-,28-/m0/s1. The Morgan fingerprint density at radius 2 is 1.09 bits per heavy atom. The van der Waals surface area contributed by atoms with E-state index in [2.05, 4.69) is 10.6 Å². The van der Waals surface area contributed by atoms with Crippen molar-refractivity contribution in [2.45, 2.75) is 50.9 Å². The fourth-order valence-electron chi connectivity index (χ4n) is 4.69. The molecule has 0 aliphatic carbocycles. The summed E-state index contributed by atoms with van der Waals surface area (Å²) in [6, 6.07) is 7.60. The Kier molecular flexibility index (Phi) is 11.9. The third-order valence-electron chi connectivity index (χ3n) is 7.15. The molecular formula is C32H32F4N4O5. The van der Waals surface area contributed by atoms with Crippen LogP contribution in [-0.2, 0) is 36.8 Å². The smallest absolute Gasteiger partial charge is 0.243 e. The van der Waals surface area contributed by atoms with Crippen molar-refractivity contribution in [2.24, 2.45) is 0 Å². The molecule has 13 heteroatoms. The van der Waals surface area contributed by atoms with Crippen LogP contribution >= 0.6 is 0 Å². The zero-order chi connectivity index (χ0) is 33.3. The number of aldehydes is 2. The summed E-state index contributed by atoms with van der Waals surface area (Å²) in [5.74, 6) is -4.66. The van der Waals surface area contributed by atoms with Crippen LogP contribution in [0.4, 0.5) is 28.9 Å². The van der Waals surface area contributed by atoms with Gasteiger partial charge in [-0.1, -0.05) is 12.1 Å². The van der Waals surface area contributed by atoms with Crippen LogP contribution in [0.1, 0.15) is 25.0 Å². The molecule has 3 aromatic rings. The quantitative estimate of drug-likeness (QED) is 0.197. The summed E-state index contributed by atoms with van der Waals surface area (Å²) in [4.78, 5) is 64.4. The number of amides is 3. The van der Waals surface area contributed by atoms with E-state index >= 15 is 0 Å². The number of halogens is 4. The number of hydrogen-bond donors (Lipinski definition) is 2. The summed E-state index contributed by atoms with van der Waals surface area (Å²) >= 11 is 0. The molecule has 3 rings (SSSR count). The number of nitrogens with one attached hydrogen (secondary N) is 2. The van der Waals surface area contributed by atoms with Crippen LogP contribution in [0.3, 0.4) is 0 Å². The number of benzene rings is 3. The van der Waals surface area contributed by atoms with Crippen molar-refractivity contribution in [1.82, 2.24) is 10.6 Å². The minimum atomic E-state index is -1.17. The second-order valence-electron chi connectivity index (χ2n) is 10.4. The largest absolute Gasteiger partial charge is 0.361 e. The first-order chi connectivity index (χ1) is 21.4. The van der Waals surface area contributed by atoms with E-state index in [0.717, 1.165) is 29.2 Å². The van der Waals surface area contributed by atoms with Crippen molar-refractivity contribution in [1.29, 1.82) is 0 Å². The molecule has 9 nitrogen and oxygen atoms in total. The Hall–Kier alpha value is -5.07. The zero-order valence-corrected chi connectivity index (χ0v) is 24.7. The number of carbonyl (C=O) groups excluding carboxylic acids is 5. The summed E-state index contributed by atoms with van der Waals surface area (Å²) in [6.45, 7) is 2.94. The second-order valence-corrected chi connectivity index (χ2v) is 10.4. The highest BCUT2D eigenvalue weighted by molar-refractivity contribution is 5.96. The van der Waals surface area contributed by atoms with Crippen LogP contribution < -0.4 is 20.4 Å². The Morgan fingerprint density at radius 1 is 0.689 bits per heavy atom. The number of rotatable bonds is 15. The molecule has 4 atom stereocenters. The molecule has 45 heavy (non-hydrogen) atoms. The molecule has 0 aromatic heterocycles. The van der Waals surface area contributed by atoms with E-state index in [9.17, 15) is 41.5 Å². The minimum Gasteiger partial charge on any atom is -0.361 e. The predicted molar refractivity (Wildman–Crippen MR) is 158 cm³/mol. The van der Waals surface area contributed by atoms with Gasteiger partial charge in [0.15, 0.2) is 0 Å². The van der Waals surface area contributed by atoms with Crippen molar-refractivity contribution >= 4 is 42.2 Å². The van der Waals surface area contributed by atoms with Gasteiger partial charge in [-0.3, -0.25) is 14.4 Å². The molecule has 238 valence electrons. The molecule has 0 radical (unpaired) electrons. The predicted octanol–water partition coefficient (Wildman–Crippen LogP) is 3.27. The van der Waals surface area contributed by atoms with Crippen LogP contribution in [0.15, 0.2) is 60.7 Å². The second kappa shape index (κ2) is 15.6. The lowest BCUT2D eigenvalue weighted by atomic mass is 10.1. The van der Waals surface area contributed by atoms with Gasteiger partial charge in [0, 0.05) is 19.2 Å². The zero-order valence-electron chi connectivity index (χ0n) is 24.7. The van der Waals surface area contributed by atoms with E-state index in [4.69, 9.17) is 0 Å². The fraction of sp³-hybridized carbons (Fsp3) is 0.281. The lowest BCUT2D eigenvalue weighted by molar-refractivity contribution is -0.125. The van der Waals surface area contributed by atoms with Crippen molar-refractivity contribution in [2.75, 3.05) is 16.8 Å². The average Bonchev–Trinajstić information content (AvgIpc) is 2.99. The van der Waals surface area contributed by atoms with Gasteiger partial charge in [-0.25, -0.2) is 17.6 Å². The van der Waals surface area contributed by atoms with E-state index in [1.807, 2.05) is 0 Å². The maximum atomic E-state index is 13.6. The van der Waals surface area contributed by atoms with E-state index < -0.39 is 59.3 Å². The van der Waals surface area contributed by atoms with Gasteiger partial charge in [0.1, 0.15) is 47.9 Å². The van der Waals surface area contributed by atoms with E-state index in [1.54, 1.807) is 25.2 Å². The first kappa shape index (κ1) is 34.4.